The zero-order valence-electron chi connectivity index (χ0n) is 13.7. The number of hydrogen-bond donors (Lipinski definition) is 2. The van der Waals surface area contributed by atoms with Crippen molar-refractivity contribution in [2.24, 2.45) is 10.2 Å². The van der Waals surface area contributed by atoms with Gasteiger partial charge in [-0.05, 0) is 42.8 Å². The van der Waals surface area contributed by atoms with Gasteiger partial charge >= 0.3 is 6.18 Å². The van der Waals surface area contributed by atoms with Crippen molar-refractivity contribution in [2.75, 3.05) is 0 Å². The Morgan fingerprint density at radius 2 is 1.81 bits per heavy atom. The molecule has 27 heavy (non-hydrogen) atoms. The first-order chi connectivity index (χ1) is 12.4. The van der Waals surface area contributed by atoms with Gasteiger partial charge in [0.2, 0.25) is 10.0 Å². The highest BCUT2D eigenvalue weighted by Gasteiger charge is 2.30. The summed E-state index contributed by atoms with van der Waals surface area (Å²) >= 11 is 5.73. The van der Waals surface area contributed by atoms with Crippen LogP contribution in [0.2, 0.25) is 5.02 Å². The van der Waals surface area contributed by atoms with Gasteiger partial charge in [0, 0.05) is 5.56 Å². The SMILES string of the molecule is CC(=NNC(=O)c1ccc(Cl)c(S(N)(=O)=O)c1)c1cccc(C(F)(F)F)c1. The molecule has 0 aliphatic heterocycles. The predicted octanol–water partition coefficient (Wildman–Crippen LogP) is 3.16. The molecule has 0 atom stereocenters. The Labute approximate surface area is 157 Å². The van der Waals surface area contributed by atoms with Crippen molar-refractivity contribution in [1.82, 2.24) is 5.43 Å². The van der Waals surface area contributed by atoms with Gasteiger partial charge in [-0.15, -0.1) is 0 Å². The fourth-order valence-electron chi connectivity index (χ4n) is 2.05. The van der Waals surface area contributed by atoms with E-state index in [-0.39, 0.29) is 21.9 Å². The van der Waals surface area contributed by atoms with Gasteiger partial charge in [0.15, 0.2) is 0 Å². The molecule has 6 nitrogen and oxygen atoms in total. The summed E-state index contributed by atoms with van der Waals surface area (Å²) in [6.07, 6.45) is -4.51. The molecule has 0 bridgehead atoms. The largest absolute Gasteiger partial charge is 0.416 e. The normalized spacial score (nSPS) is 12.7. The smallest absolute Gasteiger partial charge is 0.267 e. The topological polar surface area (TPSA) is 102 Å². The number of hydrogen-bond acceptors (Lipinski definition) is 4. The quantitative estimate of drug-likeness (QED) is 0.587. The maximum absolute atomic E-state index is 12.8. The number of benzene rings is 2. The molecule has 0 aromatic heterocycles. The Balaban J connectivity index is 2.24. The zero-order valence-corrected chi connectivity index (χ0v) is 15.3. The Hall–Kier alpha value is -2.43. The lowest BCUT2D eigenvalue weighted by Crippen LogP contribution is -2.21. The summed E-state index contributed by atoms with van der Waals surface area (Å²) in [5, 5.41) is 8.60. The van der Waals surface area contributed by atoms with Crippen molar-refractivity contribution in [3.8, 4) is 0 Å². The van der Waals surface area contributed by atoms with Gasteiger partial charge in [0.05, 0.1) is 16.3 Å². The molecule has 144 valence electrons. The van der Waals surface area contributed by atoms with E-state index in [2.05, 4.69) is 10.5 Å². The molecule has 3 N–H and O–H groups in total. The zero-order chi connectivity index (χ0) is 20.4. The Morgan fingerprint density at radius 3 is 2.41 bits per heavy atom. The van der Waals surface area contributed by atoms with Gasteiger partial charge in [-0.3, -0.25) is 4.79 Å². The van der Waals surface area contributed by atoms with Crippen LogP contribution in [0.5, 0.6) is 0 Å². The van der Waals surface area contributed by atoms with Crippen LogP contribution >= 0.6 is 11.6 Å². The van der Waals surface area contributed by atoms with E-state index in [1.54, 1.807) is 0 Å². The van der Waals surface area contributed by atoms with Gasteiger partial charge in [-0.2, -0.15) is 18.3 Å². The fourth-order valence-corrected chi connectivity index (χ4v) is 3.12. The number of halogens is 4. The second-order valence-corrected chi connectivity index (χ2v) is 7.34. The van der Waals surface area contributed by atoms with Crippen molar-refractivity contribution in [1.29, 1.82) is 0 Å². The summed E-state index contributed by atoms with van der Waals surface area (Å²) < 4.78 is 61.1. The second kappa shape index (κ2) is 7.67. The molecule has 0 unspecified atom stereocenters. The standard InChI is InChI=1S/C16H13ClF3N3O3S/c1-9(10-3-2-4-12(7-10)16(18,19)20)22-23-15(24)11-5-6-13(17)14(8-11)27(21,25)26/h2-8H,1H3,(H,23,24)(H2,21,25,26). The third kappa shape index (κ3) is 5.28. The lowest BCUT2D eigenvalue weighted by Gasteiger charge is -2.09. The van der Waals surface area contributed by atoms with Crippen LogP contribution in [0.3, 0.4) is 0 Å². The summed E-state index contributed by atoms with van der Waals surface area (Å²) in [7, 11) is -4.14. The van der Waals surface area contributed by atoms with E-state index in [0.29, 0.717) is 0 Å². The molecule has 0 spiro atoms. The van der Waals surface area contributed by atoms with Crippen LogP contribution in [0.1, 0.15) is 28.4 Å². The van der Waals surface area contributed by atoms with Crippen LogP contribution < -0.4 is 10.6 Å². The van der Waals surface area contributed by atoms with Crippen molar-refractivity contribution in [3.05, 3.63) is 64.2 Å². The molecule has 11 heteroatoms. The maximum atomic E-state index is 12.8. The van der Waals surface area contributed by atoms with Crippen LogP contribution in [0, 0.1) is 0 Å². The molecule has 0 aliphatic rings. The van der Waals surface area contributed by atoms with E-state index in [4.69, 9.17) is 16.7 Å². The molecule has 0 saturated heterocycles. The van der Waals surface area contributed by atoms with Crippen LogP contribution in [0.4, 0.5) is 13.2 Å². The van der Waals surface area contributed by atoms with Gasteiger partial charge in [-0.25, -0.2) is 19.0 Å². The van der Waals surface area contributed by atoms with Crippen molar-refractivity contribution in [3.63, 3.8) is 0 Å². The van der Waals surface area contributed by atoms with Crippen molar-refractivity contribution < 1.29 is 26.4 Å². The molecule has 2 rings (SSSR count). The average Bonchev–Trinajstić information content (AvgIpc) is 2.58. The third-order valence-electron chi connectivity index (χ3n) is 3.43. The van der Waals surface area contributed by atoms with E-state index < -0.39 is 32.6 Å². The van der Waals surface area contributed by atoms with E-state index in [1.807, 2.05) is 0 Å². The Kier molecular flexibility index (Phi) is 5.93. The van der Waals surface area contributed by atoms with Gasteiger partial charge < -0.3 is 0 Å². The minimum absolute atomic E-state index is 0.0935. The molecule has 2 aromatic carbocycles. The second-order valence-electron chi connectivity index (χ2n) is 5.41. The van der Waals surface area contributed by atoms with Gasteiger partial charge in [0.1, 0.15) is 4.90 Å². The lowest BCUT2D eigenvalue weighted by molar-refractivity contribution is -0.137. The summed E-state index contributed by atoms with van der Waals surface area (Å²) in [6.45, 7) is 1.41. The van der Waals surface area contributed by atoms with E-state index in [1.165, 1.54) is 31.2 Å². The molecule has 2 aromatic rings. The predicted molar refractivity (Wildman–Crippen MR) is 93.9 cm³/mol. The molecular formula is C16H13ClF3N3O3S. The number of nitrogens with one attached hydrogen (secondary N) is 1. The number of rotatable bonds is 4. The summed E-state index contributed by atoms with van der Waals surface area (Å²) in [4.78, 5) is 11.7. The first kappa shape index (κ1) is 20.9. The fraction of sp³-hybridized carbons (Fsp3) is 0.125. The van der Waals surface area contributed by atoms with E-state index >= 15 is 0 Å². The molecule has 0 heterocycles. The minimum atomic E-state index is -4.51. The summed E-state index contributed by atoms with van der Waals surface area (Å²) in [5.41, 5.74) is 1.48. The molecule has 1 amide bonds. The van der Waals surface area contributed by atoms with Crippen molar-refractivity contribution in [2.45, 2.75) is 18.0 Å². The first-order valence-corrected chi connectivity index (χ1v) is 9.16. The summed E-state index contributed by atoms with van der Waals surface area (Å²) in [5.74, 6) is -0.789. The van der Waals surface area contributed by atoms with Crippen LogP contribution in [0.15, 0.2) is 52.5 Å². The number of carbonyl (C=O) groups excluding carboxylic acids is 1. The summed E-state index contributed by atoms with van der Waals surface area (Å²) in [6, 6.07) is 7.84. The number of alkyl halides is 3. The minimum Gasteiger partial charge on any atom is -0.267 e. The highest BCUT2D eigenvalue weighted by Crippen LogP contribution is 2.29. The highest BCUT2D eigenvalue weighted by atomic mass is 35.5. The number of nitrogens with zero attached hydrogens (tertiary/aromatic N) is 1. The number of amides is 1. The average molecular weight is 420 g/mol. The van der Waals surface area contributed by atoms with Crippen LogP contribution in [-0.2, 0) is 16.2 Å². The first-order valence-electron chi connectivity index (χ1n) is 7.24. The molecule has 0 saturated carbocycles. The lowest BCUT2D eigenvalue weighted by atomic mass is 10.1. The molecule has 0 radical (unpaired) electrons. The number of primary sulfonamides is 1. The maximum Gasteiger partial charge on any atom is 0.416 e. The molecule has 0 aliphatic carbocycles. The number of nitrogens with two attached hydrogens (primary N) is 1. The Bertz CT molecular complexity index is 1020. The molecular weight excluding hydrogens is 407 g/mol. The number of carbonyl (C=O) groups is 1. The monoisotopic (exact) mass is 419 g/mol. The molecule has 0 fully saturated rings. The van der Waals surface area contributed by atoms with E-state index in [0.717, 1.165) is 18.2 Å². The Morgan fingerprint density at radius 1 is 1.15 bits per heavy atom. The van der Waals surface area contributed by atoms with E-state index in [9.17, 15) is 26.4 Å². The number of hydrazone groups is 1. The van der Waals surface area contributed by atoms with Crippen LogP contribution in [0.25, 0.3) is 0 Å². The third-order valence-corrected chi connectivity index (χ3v) is 4.83. The number of sulfonamides is 1. The van der Waals surface area contributed by atoms with Gasteiger partial charge in [-0.1, -0.05) is 23.7 Å². The van der Waals surface area contributed by atoms with Gasteiger partial charge in [0.25, 0.3) is 5.91 Å². The highest BCUT2D eigenvalue weighted by molar-refractivity contribution is 7.89. The van der Waals surface area contributed by atoms with Crippen molar-refractivity contribution >= 4 is 33.2 Å². The van der Waals surface area contributed by atoms with Crippen LogP contribution in [-0.4, -0.2) is 20.0 Å².